The highest BCUT2D eigenvalue weighted by Crippen LogP contribution is 2.32. The van der Waals surface area contributed by atoms with Gasteiger partial charge >= 0.3 is 0 Å². The molecule has 0 atom stereocenters. The fraction of sp³-hybridized carbons (Fsp3) is 0.286. The highest BCUT2D eigenvalue weighted by Gasteiger charge is 2.06. The van der Waals surface area contributed by atoms with Gasteiger partial charge in [0.1, 0.15) is 11.5 Å². The molecule has 2 rings (SSSR count). The van der Waals surface area contributed by atoms with Crippen LogP contribution in [0.15, 0.2) is 36.4 Å². The molecule has 0 aliphatic heterocycles. The van der Waals surface area contributed by atoms with Crippen molar-refractivity contribution >= 4 is 10.8 Å². The van der Waals surface area contributed by atoms with Crippen molar-refractivity contribution in [1.82, 2.24) is 0 Å². The van der Waals surface area contributed by atoms with Crippen LogP contribution in [-0.4, -0.2) is 13.2 Å². The number of fused-ring (bicyclic) bond motifs is 1. The van der Waals surface area contributed by atoms with Crippen LogP contribution in [0.5, 0.6) is 11.5 Å². The maximum atomic E-state index is 5.77. The Kier molecular flexibility index (Phi) is 3.00. The van der Waals surface area contributed by atoms with E-state index in [9.17, 15) is 0 Å². The predicted octanol–water partition coefficient (Wildman–Crippen LogP) is 3.64. The van der Waals surface area contributed by atoms with E-state index in [0.29, 0.717) is 0 Å². The molecule has 0 aliphatic carbocycles. The van der Waals surface area contributed by atoms with Gasteiger partial charge in [0.15, 0.2) is 0 Å². The van der Waals surface area contributed by atoms with Crippen molar-refractivity contribution in [3.8, 4) is 11.5 Å². The number of methoxy groups -OCH3 is 1. The molecule has 0 N–H and O–H groups in total. The van der Waals surface area contributed by atoms with Gasteiger partial charge < -0.3 is 9.47 Å². The molecule has 0 unspecified atom stereocenters. The van der Waals surface area contributed by atoms with Crippen LogP contribution in [0, 0.1) is 0 Å². The van der Waals surface area contributed by atoms with Crippen LogP contribution in [0.2, 0.25) is 0 Å². The Bertz CT molecular complexity index is 489. The summed E-state index contributed by atoms with van der Waals surface area (Å²) in [5.41, 5.74) is 0. The number of hydrogen-bond donors (Lipinski definition) is 0. The molecule has 2 nitrogen and oxygen atoms in total. The summed E-state index contributed by atoms with van der Waals surface area (Å²) < 4.78 is 11.1. The summed E-state index contributed by atoms with van der Waals surface area (Å²) in [6.45, 7) is 4.05. The quantitative estimate of drug-likeness (QED) is 0.780. The molecule has 2 heteroatoms. The Balaban J connectivity index is 2.59. The van der Waals surface area contributed by atoms with Gasteiger partial charge in [-0.2, -0.15) is 0 Å². The minimum absolute atomic E-state index is 0.178. The molecule has 0 radical (unpaired) electrons. The second-order valence-corrected chi connectivity index (χ2v) is 3.98. The lowest BCUT2D eigenvalue weighted by atomic mass is 10.1. The van der Waals surface area contributed by atoms with Gasteiger partial charge in [-0.3, -0.25) is 0 Å². The van der Waals surface area contributed by atoms with Gasteiger partial charge in [0.25, 0.3) is 0 Å². The molecule has 0 fully saturated rings. The van der Waals surface area contributed by atoms with Crippen LogP contribution in [0.3, 0.4) is 0 Å². The Morgan fingerprint density at radius 2 is 1.44 bits per heavy atom. The summed E-state index contributed by atoms with van der Waals surface area (Å²) in [6.07, 6.45) is 0.178. The van der Waals surface area contributed by atoms with E-state index in [-0.39, 0.29) is 6.10 Å². The van der Waals surface area contributed by atoms with Crippen LogP contribution >= 0.6 is 0 Å². The average Bonchev–Trinajstić information content (AvgIpc) is 2.28. The topological polar surface area (TPSA) is 18.5 Å². The Hall–Kier alpha value is -1.70. The molecule has 16 heavy (non-hydrogen) atoms. The summed E-state index contributed by atoms with van der Waals surface area (Å²) in [6, 6.07) is 12.0. The predicted molar refractivity (Wildman–Crippen MR) is 66.3 cm³/mol. The number of ether oxygens (including phenoxy) is 2. The summed E-state index contributed by atoms with van der Waals surface area (Å²) in [7, 11) is 1.69. The van der Waals surface area contributed by atoms with Crippen molar-refractivity contribution in [2.75, 3.05) is 7.11 Å². The Morgan fingerprint density at radius 3 is 2.00 bits per heavy atom. The van der Waals surface area contributed by atoms with Crippen LogP contribution in [0.4, 0.5) is 0 Å². The standard InChI is InChI=1S/C14H16O2/c1-10(2)16-14-9-5-6-11-12(14)7-4-8-13(11)15-3/h4-10H,1-3H3. The van der Waals surface area contributed by atoms with E-state index < -0.39 is 0 Å². The molecular formula is C14H16O2. The third kappa shape index (κ3) is 1.96. The van der Waals surface area contributed by atoms with E-state index in [4.69, 9.17) is 9.47 Å². The molecule has 2 aromatic carbocycles. The lowest BCUT2D eigenvalue weighted by Gasteiger charge is -2.13. The first-order valence-electron chi connectivity index (χ1n) is 5.44. The van der Waals surface area contributed by atoms with Gasteiger partial charge in [-0.1, -0.05) is 24.3 Å². The van der Waals surface area contributed by atoms with Crippen LogP contribution in [0.1, 0.15) is 13.8 Å². The largest absolute Gasteiger partial charge is 0.496 e. The molecule has 0 heterocycles. The second kappa shape index (κ2) is 4.44. The average molecular weight is 216 g/mol. The zero-order chi connectivity index (χ0) is 11.5. The molecule has 0 saturated carbocycles. The number of rotatable bonds is 3. The Labute approximate surface area is 95.8 Å². The second-order valence-electron chi connectivity index (χ2n) is 3.98. The smallest absolute Gasteiger partial charge is 0.127 e. The minimum Gasteiger partial charge on any atom is -0.496 e. The summed E-state index contributed by atoms with van der Waals surface area (Å²) in [5.74, 6) is 1.79. The van der Waals surface area contributed by atoms with Crippen molar-refractivity contribution in [3.05, 3.63) is 36.4 Å². The Morgan fingerprint density at radius 1 is 0.875 bits per heavy atom. The van der Waals surface area contributed by atoms with Gasteiger partial charge in [-0.25, -0.2) is 0 Å². The highest BCUT2D eigenvalue weighted by atomic mass is 16.5. The fourth-order valence-electron chi connectivity index (χ4n) is 1.79. The highest BCUT2D eigenvalue weighted by molar-refractivity contribution is 5.93. The molecule has 0 aliphatic rings. The molecule has 0 amide bonds. The minimum atomic E-state index is 0.178. The van der Waals surface area contributed by atoms with E-state index in [1.54, 1.807) is 7.11 Å². The third-order valence-corrected chi connectivity index (χ3v) is 2.42. The van der Waals surface area contributed by atoms with Crippen molar-refractivity contribution in [1.29, 1.82) is 0 Å². The van der Waals surface area contributed by atoms with Crippen molar-refractivity contribution in [2.45, 2.75) is 20.0 Å². The molecule has 0 bridgehead atoms. The van der Waals surface area contributed by atoms with Crippen LogP contribution < -0.4 is 9.47 Å². The normalized spacial score (nSPS) is 10.8. The van der Waals surface area contributed by atoms with Crippen LogP contribution in [-0.2, 0) is 0 Å². The summed E-state index contributed by atoms with van der Waals surface area (Å²) in [4.78, 5) is 0. The summed E-state index contributed by atoms with van der Waals surface area (Å²) in [5, 5.41) is 2.18. The van der Waals surface area contributed by atoms with Crippen molar-refractivity contribution in [3.63, 3.8) is 0 Å². The lowest BCUT2D eigenvalue weighted by Crippen LogP contribution is -2.05. The molecule has 84 valence electrons. The zero-order valence-electron chi connectivity index (χ0n) is 9.86. The molecular weight excluding hydrogens is 200 g/mol. The molecule has 0 aromatic heterocycles. The van der Waals surface area contributed by atoms with Crippen molar-refractivity contribution < 1.29 is 9.47 Å². The zero-order valence-corrected chi connectivity index (χ0v) is 9.86. The maximum Gasteiger partial charge on any atom is 0.127 e. The lowest BCUT2D eigenvalue weighted by molar-refractivity contribution is 0.245. The number of benzene rings is 2. The first kappa shape index (κ1) is 10.8. The molecule has 2 aromatic rings. The van der Waals surface area contributed by atoms with E-state index in [0.717, 1.165) is 22.3 Å². The molecule has 0 saturated heterocycles. The van der Waals surface area contributed by atoms with Gasteiger partial charge in [-0.05, 0) is 26.0 Å². The van der Waals surface area contributed by atoms with E-state index in [1.807, 2.05) is 44.2 Å². The molecule has 0 spiro atoms. The third-order valence-electron chi connectivity index (χ3n) is 2.42. The SMILES string of the molecule is COc1cccc2c(OC(C)C)cccc12. The van der Waals surface area contributed by atoms with Gasteiger partial charge in [0, 0.05) is 10.8 Å². The van der Waals surface area contributed by atoms with E-state index >= 15 is 0 Å². The van der Waals surface area contributed by atoms with Crippen molar-refractivity contribution in [2.24, 2.45) is 0 Å². The maximum absolute atomic E-state index is 5.77. The van der Waals surface area contributed by atoms with Crippen LogP contribution in [0.25, 0.3) is 10.8 Å². The van der Waals surface area contributed by atoms with Gasteiger partial charge in [0.2, 0.25) is 0 Å². The first-order chi connectivity index (χ1) is 7.72. The van der Waals surface area contributed by atoms with E-state index in [2.05, 4.69) is 6.07 Å². The van der Waals surface area contributed by atoms with Gasteiger partial charge in [0.05, 0.1) is 13.2 Å². The first-order valence-corrected chi connectivity index (χ1v) is 5.44. The van der Waals surface area contributed by atoms with E-state index in [1.165, 1.54) is 0 Å². The number of hydrogen-bond acceptors (Lipinski definition) is 2. The summed E-state index contributed by atoms with van der Waals surface area (Å²) >= 11 is 0. The van der Waals surface area contributed by atoms with Gasteiger partial charge in [-0.15, -0.1) is 0 Å². The fourth-order valence-corrected chi connectivity index (χ4v) is 1.79. The monoisotopic (exact) mass is 216 g/mol.